The number of nitrogens with zero attached hydrogens (tertiary/aromatic N) is 4. The quantitative estimate of drug-likeness (QED) is 0.733. The first kappa shape index (κ1) is 14.0. The van der Waals surface area contributed by atoms with Gasteiger partial charge < -0.3 is 4.57 Å². The molecule has 1 fully saturated rings. The van der Waals surface area contributed by atoms with Crippen LogP contribution in [0.2, 0.25) is 0 Å². The zero-order valence-corrected chi connectivity index (χ0v) is 12.7. The largest absolute Gasteiger partial charge is 0.339 e. The van der Waals surface area contributed by atoms with Crippen LogP contribution in [0.1, 0.15) is 0 Å². The Morgan fingerprint density at radius 3 is 2.50 bits per heavy atom. The van der Waals surface area contributed by atoms with Crippen molar-refractivity contribution < 1.29 is 8.42 Å². The molecule has 0 radical (unpaired) electrons. The molecule has 1 aliphatic rings. The smallest absolute Gasteiger partial charge is 0.262 e. The first-order chi connectivity index (χ1) is 8.54. The average molecular weight is 337 g/mol. The molecule has 8 heteroatoms. The van der Waals surface area contributed by atoms with Gasteiger partial charge in [0, 0.05) is 51.3 Å². The van der Waals surface area contributed by atoms with Crippen molar-refractivity contribution in [2.24, 2.45) is 7.05 Å². The fourth-order valence-electron chi connectivity index (χ4n) is 1.97. The van der Waals surface area contributed by atoms with E-state index in [1.807, 2.05) is 0 Å². The number of sulfonamides is 1. The second-order valence-electron chi connectivity index (χ2n) is 4.31. The number of alkyl halides is 1. The minimum absolute atomic E-state index is 0.138. The van der Waals surface area contributed by atoms with Gasteiger partial charge in [0.1, 0.15) is 0 Å². The lowest BCUT2D eigenvalue weighted by Crippen LogP contribution is -2.49. The fraction of sp³-hybridized carbons (Fsp3) is 0.700. The summed E-state index contributed by atoms with van der Waals surface area (Å²) in [6.07, 6.45) is 3.05. The third kappa shape index (κ3) is 2.93. The summed E-state index contributed by atoms with van der Waals surface area (Å²) in [6, 6.07) is 0. The molecule has 1 saturated heterocycles. The normalized spacial score (nSPS) is 19.2. The number of rotatable bonds is 4. The van der Waals surface area contributed by atoms with E-state index < -0.39 is 10.0 Å². The maximum atomic E-state index is 12.3. The van der Waals surface area contributed by atoms with E-state index in [0.717, 1.165) is 25.0 Å². The molecule has 0 amide bonds. The van der Waals surface area contributed by atoms with Crippen LogP contribution in [0.3, 0.4) is 0 Å². The summed E-state index contributed by atoms with van der Waals surface area (Å²) >= 11 is 3.39. The minimum atomic E-state index is -3.42. The van der Waals surface area contributed by atoms with Crippen LogP contribution >= 0.6 is 15.9 Å². The van der Waals surface area contributed by atoms with Crippen molar-refractivity contribution in [2.45, 2.75) is 5.03 Å². The summed E-state index contributed by atoms with van der Waals surface area (Å²) in [6.45, 7) is 3.57. The van der Waals surface area contributed by atoms with Gasteiger partial charge in [0.15, 0.2) is 5.03 Å². The lowest BCUT2D eigenvalue weighted by atomic mass is 10.4. The molecule has 0 aromatic carbocycles. The molecule has 0 unspecified atom stereocenters. The van der Waals surface area contributed by atoms with Gasteiger partial charge >= 0.3 is 0 Å². The van der Waals surface area contributed by atoms with Gasteiger partial charge in [0.05, 0.1) is 6.33 Å². The number of aromatic nitrogens is 2. The third-order valence-electron chi connectivity index (χ3n) is 3.02. The topological polar surface area (TPSA) is 58.4 Å². The van der Waals surface area contributed by atoms with Gasteiger partial charge in [0.25, 0.3) is 10.0 Å². The Kier molecular flexibility index (Phi) is 4.41. The highest BCUT2D eigenvalue weighted by molar-refractivity contribution is 9.09. The van der Waals surface area contributed by atoms with Crippen molar-refractivity contribution in [3.05, 3.63) is 12.5 Å². The van der Waals surface area contributed by atoms with Crippen molar-refractivity contribution in [3.63, 3.8) is 0 Å². The lowest BCUT2D eigenvalue weighted by Gasteiger charge is -2.33. The molecule has 1 aromatic rings. The molecule has 18 heavy (non-hydrogen) atoms. The van der Waals surface area contributed by atoms with Crippen LogP contribution in [0.4, 0.5) is 0 Å². The fourth-order valence-corrected chi connectivity index (χ4v) is 3.86. The predicted molar refractivity (Wildman–Crippen MR) is 72.2 cm³/mol. The molecular weight excluding hydrogens is 320 g/mol. The Morgan fingerprint density at radius 2 is 2.00 bits per heavy atom. The van der Waals surface area contributed by atoms with E-state index in [1.165, 1.54) is 10.6 Å². The second-order valence-corrected chi connectivity index (χ2v) is 6.99. The first-order valence-corrected chi connectivity index (χ1v) is 8.36. The van der Waals surface area contributed by atoms with Crippen LogP contribution in [0.5, 0.6) is 0 Å². The predicted octanol–water partition coefficient (Wildman–Crippen LogP) is 0.121. The Balaban J connectivity index is 2.05. The SMILES string of the molecule is Cn1cnc(S(=O)(=O)N2CCN(CCBr)CC2)c1. The van der Waals surface area contributed by atoms with Gasteiger partial charge in [-0.2, -0.15) is 4.31 Å². The summed E-state index contributed by atoms with van der Waals surface area (Å²) in [5.41, 5.74) is 0. The number of hydrogen-bond acceptors (Lipinski definition) is 4. The first-order valence-electron chi connectivity index (χ1n) is 5.80. The summed E-state index contributed by atoms with van der Waals surface area (Å²) < 4.78 is 27.7. The molecule has 0 atom stereocenters. The van der Waals surface area contributed by atoms with Crippen LogP contribution < -0.4 is 0 Å². The van der Waals surface area contributed by atoms with Gasteiger partial charge in [-0.15, -0.1) is 0 Å². The van der Waals surface area contributed by atoms with E-state index in [1.54, 1.807) is 17.8 Å². The van der Waals surface area contributed by atoms with Crippen LogP contribution in [-0.4, -0.2) is 65.2 Å². The van der Waals surface area contributed by atoms with E-state index in [-0.39, 0.29) is 5.03 Å². The zero-order valence-electron chi connectivity index (χ0n) is 10.3. The molecule has 0 aliphatic carbocycles. The van der Waals surface area contributed by atoms with Crippen LogP contribution in [0, 0.1) is 0 Å². The Bertz CT molecular complexity index is 494. The van der Waals surface area contributed by atoms with Gasteiger partial charge in [-0.3, -0.25) is 4.90 Å². The average Bonchev–Trinajstić information content (AvgIpc) is 2.78. The molecule has 2 heterocycles. The molecule has 6 nitrogen and oxygen atoms in total. The van der Waals surface area contributed by atoms with E-state index in [0.29, 0.717) is 13.1 Å². The van der Waals surface area contributed by atoms with E-state index in [9.17, 15) is 8.42 Å². The number of halogens is 1. The number of imidazole rings is 1. The maximum Gasteiger partial charge on any atom is 0.262 e. The van der Waals surface area contributed by atoms with Crippen molar-refractivity contribution in [2.75, 3.05) is 38.1 Å². The molecule has 2 rings (SSSR count). The van der Waals surface area contributed by atoms with Crippen molar-refractivity contribution in [3.8, 4) is 0 Å². The summed E-state index contributed by atoms with van der Waals surface area (Å²) in [5.74, 6) is 0. The standard InChI is InChI=1S/C10H17BrN4O2S/c1-13-8-10(12-9-13)18(16,17)15-6-4-14(3-2-11)5-7-15/h8-9H,2-7H2,1H3. The highest BCUT2D eigenvalue weighted by Crippen LogP contribution is 2.15. The van der Waals surface area contributed by atoms with Gasteiger partial charge in [-0.1, -0.05) is 15.9 Å². The summed E-state index contributed by atoms with van der Waals surface area (Å²) in [5, 5.41) is 1.05. The van der Waals surface area contributed by atoms with Gasteiger partial charge in [0.2, 0.25) is 0 Å². The molecule has 0 bridgehead atoms. The zero-order chi connectivity index (χ0) is 13.2. The Morgan fingerprint density at radius 1 is 1.33 bits per heavy atom. The number of piperazine rings is 1. The van der Waals surface area contributed by atoms with E-state index >= 15 is 0 Å². The van der Waals surface area contributed by atoms with E-state index in [2.05, 4.69) is 25.8 Å². The molecule has 0 N–H and O–H groups in total. The maximum absolute atomic E-state index is 12.3. The molecule has 0 spiro atoms. The van der Waals surface area contributed by atoms with Crippen LogP contribution in [0.25, 0.3) is 0 Å². The monoisotopic (exact) mass is 336 g/mol. The summed E-state index contributed by atoms with van der Waals surface area (Å²) in [7, 11) is -1.65. The van der Waals surface area contributed by atoms with E-state index in [4.69, 9.17) is 0 Å². The van der Waals surface area contributed by atoms with Crippen molar-refractivity contribution in [1.82, 2.24) is 18.8 Å². The Hall–Kier alpha value is -0.440. The van der Waals surface area contributed by atoms with Gasteiger partial charge in [-0.25, -0.2) is 13.4 Å². The van der Waals surface area contributed by atoms with Crippen molar-refractivity contribution >= 4 is 26.0 Å². The lowest BCUT2D eigenvalue weighted by molar-refractivity contribution is 0.198. The second kappa shape index (κ2) is 5.68. The van der Waals surface area contributed by atoms with Crippen LogP contribution in [-0.2, 0) is 17.1 Å². The molecule has 0 saturated carbocycles. The highest BCUT2D eigenvalue weighted by Gasteiger charge is 2.29. The highest BCUT2D eigenvalue weighted by atomic mass is 79.9. The van der Waals surface area contributed by atoms with Crippen molar-refractivity contribution in [1.29, 1.82) is 0 Å². The Labute approximate surface area is 116 Å². The van der Waals surface area contributed by atoms with Crippen LogP contribution in [0.15, 0.2) is 17.6 Å². The molecular formula is C10H17BrN4O2S. The molecule has 102 valence electrons. The third-order valence-corrected chi connectivity index (χ3v) is 5.16. The number of aryl methyl sites for hydroxylation is 1. The summed E-state index contributed by atoms with van der Waals surface area (Å²) in [4.78, 5) is 6.18. The minimum Gasteiger partial charge on any atom is -0.339 e. The number of hydrogen-bond donors (Lipinski definition) is 0. The molecule has 1 aromatic heterocycles. The van der Waals surface area contributed by atoms with Gasteiger partial charge in [-0.05, 0) is 0 Å². The molecule has 1 aliphatic heterocycles.